The van der Waals surface area contributed by atoms with Crippen LogP contribution in [0.4, 0.5) is 0 Å². The Balaban J connectivity index is 2.21. The molecule has 1 aliphatic heterocycles. The maximum Gasteiger partial charge on any atom is 0.123 e. The predicted octanol–water partition coefficient (Wildman–Crippen LogP) is 3.42. The second kappa shape index (κ2) is 5.31. The fraction of sp³-hybridized carbons (Fsp3) is 0.625. The smallest absolute Gasteiger partial charge is 0.123 e. The van der Waals surface area contributed by atoms with Crippen molar-refractivity contribution < 1.29 is 4.74 Å². The predicted molar refractivity (Wildman–Crippen MR) is 76.4 cm³/mol. The number of ether oxygens (including phenoxy) is 1. The zero-order chi connectivity index (χ0) is 13.2. The third-order valence-corrected chi connectivity index (χ3v) is 3.49. The molecule has 18 heavy (non-hydrogen) atoms. The van der Waals surface area contributed by atoms with Crippen LogP contribution in [-0.2, 0) is 5.41 Å². The van der Waals surface area contributed by atoms with E-state index in [1.807, 2.05) is 0 Å². The van der Waals surface area contributed by atoms with E-state index in [-0.39, 0.29) is 5.41 Å². The summed E-state index contributed by atoms with van der Waals surface area (Å²) in [7, 11) is 0. The number of aryl methyl sites for hydroxylation is 1. The number of benzene rings is 1. The quantitative estimate of drug-likeness (QED) is 0.864. The van der Waals surface area contributed by atoms with Crippen molar-refractivity contribution in [3.8, 4) is 5.75 Å². The van der Waals surface area contributed by atoms with E-state index in [2.05, 4.69) is 51.2 Å². The first-order chi connectivity index (χ1) is 8.47. The average Bonchev–Trinajstić information content (AvgIpc) is 2.31. The van der Waals surface area contributed by atoms with E-state index in [0.717, 1.165) is 25.3 Å². The van der Waals surface area contributed by atoms with Gasteiger partial charge in [0.1, 0.15) is 11.9 Å². The Bertz CT molecular complexity index is 400. The van der Waals surface area contributed by atoms with E-state index >= 15 is 0 Å². The molecule has 0 saturated carbocycles. The van der Waals surface area contributed by atoms with Crippen molar-refractivity contribution in [2.45, 2.75) is 52.1 Å². The Morgan fingerprint density at radius 2 is 2.06 bits per heavy atom. The van der Waals surface area contributed by atoms with Gasteiger partial charge < -0.3 is 10.1 Å². The molecule has 0 spiro atoms. The Kier molecular flexibility index (Phi) is 3.96. The van der Waals surface area contributed by atoms with E-state index < -0.39 is 0 Å². The molecular formula is C16H25NO. The third-order valence-electron chi connectivity index (χ3n) is 3.49. The summed E-state index contributed by atoms with van der Waals surface area (Å²) in [6.45, 7) is 11.0. The van der Waals surface area contributed by atoms with Crippen molar-refractivity contribution in [1.82, 2.24) is 5.32 Å². The molecule has 1 aromatic rings. The average molecular weight is 247 g/mol. The maximum atomic E-state index is 6.21. The van der Waals surface area contributed by atoms with Crippen LogP contribution in [0.15, 0.2) is 18.2 Å². The molecule has 0 bridgehead atoms. The van der Waals surface area contributed by atoms with E-state index in [9.17, 15) is 0 Å². The Morgan fingerprint density at radius 1 is 1.28 bits per heavy atom. The molecular weight excluding hydrogens is 222 g/mol. The fourth-order valence-corrected chi connectivity index (χ4v) is 2.43. The molecule has 2 rings (SSSR count). The lowest BCUT2D eigenvalue weighted by Gasteiger charge is -2.28. The van der Waals surface area contributed by atoms with Crippen LogP contribution in [0.1, 0.15) is 44.7 Å². The van der Waals surface area contributed by atoms with Crippen LogP contribution in [-0.4, -0.2) is 19.2 Å². The van der Waals surface area contributed by atoms with Crippen LogP contribution in [0, 0.1) is 6.92 Å². The van der Waals surface area contributed by atoms with Crippen LogP contribution in [0.25, 0.3) is 0 Å². The highest BCUT2D eigenvalue weighted by atomic mass is 16.5. The summed E-state index contributed by atoms with van der Waals surface area (Å²) < 4.78 is 6.21. The summed E-state index contributed by atoms with van der Waals surface area (Å²) >= 11 is 0. The number of rotatable bonds is 2. The minimum absolute atomic E-state index is 0.128. The van der Waals surface area contributed by atoms with Crippen LogP contribution in [0.3, 0.4) is 0 Å². The normalized spacial score (nSPS) is 20.8. The topological polar surface area (TPSA) is 21.3 Å². The first-order valence-corrected chi connectivity index (χ1v) is 6.95. The highest BCUT2D eigenvalue weighted by molar-refractivity contribution is 5.41. The Labute approximate surface area is 111 Å². The molecule has 1 aromatic carbocycles. The molecule has 1 fully saturated rings. The minimum Gasteiger partial charge on any atom is -0.489 e. The SMILES string of the molecule is Cc1ccc(O[C@H]2CCCNC2)c(C(C)(C)C)c1. The molecule has 1 atom stereocenters. The molecule has 0 unspecified atom stereocenters. The molecule has 1 saturated heterocycles. The van der Waals surface area contributed by atoms with E-state index in [1.54, 1.807) is 0 Å². The van der Waals surface area contributed by atoms with Crippen LogP contribution in [0.5, 0.6) is 5.75 Å². The standard InChI is InChI=1S/C16H25NO/c1-12-7-8-15(14(10-12)16(2,3)4)18-13-6-5-9-17-11-13/h7-8,10,13,17H,5-6,9,11H2,1-4H3/t13-/m0/s1. The van der Waals surface area contributed by atoms with Gasteiger partial charge in [-0.05, 0) is 43.4 Å². The maximum absolute atomic E-state index is 6.21. The van der Waals surface area contributed by atoms with Gasteiger partial charge >= 0.3 is 0 Å². The summed E-state index contributed by atoms with van der Waals surface area (Å²) in [5.74, 6) is 1.06. The number of nitrogens with one attached hydrogen (secondary N) is 1. The molecule has 2 nitrogen and oxygen atoms in total. The van der Waals surface area contributed by atoms with E-state index in [1.165, 1.54) is 17.5 Å². The lowest BCUT2D eigenvalue weighted by molar-refractivity contribution is 0.164. The van der Waals surface area contributed by atoms with E-state index in [4.69, 9.17) is 4.74 Å². The molecule has 1 N–H and O–H groups in total. The molecule has 100 valence electrons. The Hall–Kier alpha value is -1.02. The van der Waals surface area contributed by atoms with Gasteiger partial charge in [0.05, 0.1) is 0 Å². The molecule has 0 amide bonds. The van der Waals surface area contributed by atoms with Gasteiger partial charge in [-0.1, -0.05) is 38.5 Å². The van der Waals surface area contributed by atoms with Crippen molar-refractivity contribution in [3.05, 3.63) is 29.3 Å². The molecule has 0 aromatic heterocycles. The third kappa shape index (κ3) is 3.26. The van der Waals surface area contributed by atoms with Gasteiger partial charge in [0.15, 0.2) is 0 Å². The van der Waals surface area contributed by atoms with Crippen molar-refractivity contribution in [2.24, 2.45) is 0 Å². The molecule has 1 heterocycles. The minimum atomic E-state index is 0.128. The molecule has 0 radical (unpaired) electrons. The lowest BCUT2D eigenvalue weighted by atomic mass is 9.85. The monoisotopic (exact) mass is 247 g/mol. The number of hydrogen-bond donors (Lipinski definition) is 1. The van der Waals surface area contributed by atoms with Gasteiger partial charge in [-0.3, -0.25) is 0 Å². The van der Waals surface area contributed by atoms with E-state index in [0.29, 0.717) is 6.10 Å². The Morgan fingerprint density at radius 3 is 2.67 bits per heavy atom. The number of hydrogen-bond acceptors (Lipinski definition) is 2. The second-order valence-electron chi connectivity index (χ2n) is 6.34. The first-order valence-electron chi connectivity index (χ1n) is 6.95. The van der Waals surface area contributed by atoms with Crippen molar-refractivity contribution in [3.63, 3.8) is 0 Å². The zero-order valence-corrected chi connectivity index (χ0v) is 12.0. The van der Waals surface area contributed by atoms with Gasteiger partial charge in [-0.2, -0.15) is 0 Å². The molecule has 1 aliphatic rings. The summed E-state index contributed by atoms with van der Waals surface area (Å²) in [5, 5.41) is 3.40. The van der Waals surface area contributed by atoms with Crippen molar-refractivity contribution in [2.75, 3.05) is 13.1 Å². The van der Waals surface area contributed by atoms with Crippen LogP contribution in [0.2, 0.25) is 0 Å². The van der Waals surface area contributed by atoms with Crippen molar-refractivity contribution in [1.29, 1.82) is 0 Å². The second-order valence-corrected chi connectivity index (χ2v) is 6.34. The highest BCUT2D eigenvalue weighted by Gasteiger charge is 2.22. The van der Waals surface area contributed by atoms with Gasteiger partial charge in [-0.15, -0.1) is 0 Å². The number of piperidine rings is 1. The lowest BCUT2D eigenvalue weighted by Crippen LogP contribution is -2.37. The van der Waals surface area contributed by atoms with Crippen molar-refractivity contribution >= 4 is 0 Å². The summed E-state index contributed by atoms with van der Waals surface area (Å²) in [6.07, 6.45) is 2.69. The highest BCUT2D eigenvalue weighted by Crippen LogP contribution is 2.33. The molecule has 0 aliphatic carbocycles. The molecule has 2 heteroatoms. The fourth-order valence-electron chi connectivity index (χ4n) is 2.43. The van der Waals surface area contributed by atoms with Gasteiger partial charge in [0.25, 0.3) is 0 Å². The summed E-state index contributed by atoms with van der Waals surface area (Å²) in [5.41, 5.74) is 2.74. The zero-order valence-electron chi connectivity index (χ0n) is 12.0. The van der Waals surface area contributed by atoms with Crippen LogP contribution < -0.4 is 10.1 Å². The van der Waals surface area contributed by atoms with Gasteiger partial charge in [0.2, 0.25) is 0 Å². The summed E-state index contributed by atoms with van der Waals surface area (Å²) in [6, 6.07) is 6.52. The largest absolute Gasteiger partial charge is 0.489 e. The van der Waals surface area contributed by atoms with Gasteiger partial charge in [-0.25, -0.2) is 0 Å². The van der Waals surface area contributed by atoms with Gasteiger partial charge in [0, 0.05) is 6.54 Å². The first kappa shape index (κ1) is 13.4. The van der Waals surface area contributed by atoms with Crippen LogP contribution >= 0.6 is 0 Å². The summed E-state index contributed by atoms with van der Waals surface area (Å²) in [4.78, 5) is 0.